The predicted molar refractivity (Wildman–Crippen MR) is 304 cm³/mol. The van der Waals surface area contributed by atoms with Gasteiger partial charge in [-0.1, -0.05) is 173 Å². The molecule has 0 fully saturated rings. The number of anilines is 3. The van der Waals surface area contributed by atoms with Gasteiger partial charge in [-0.05, 0) is 136 Å². The normalized spacial score (nSPS) is 15.3. The molecule has 0 spiro atoms. The second kappa shape index (κ2) is 12.1. The van der Waals surface area contributed by atoms with Crippen LogP contribution in [0.2, 0.25) is 0 Å². The van der Waals surface area contributed by atoms with Crippen LogP contribution in [0, 0.1) is 0 Å². The van der Waals surface area contributed by atoms with Crippen molar-refractivity contribution in [2.24, 2.45) is 0 Å². The molecule has 8 aromatic carbocycles. The molecule has 8 heterocycles. The van der Waals surface area contributed by atoms with Crippen molar-refractivity contribution in [2.45, 2.75) is 105 Å². The van der Waals surface area contributed by atoms with Crippen LogP contribution in [0.4, 0.5) is 17.1 Å². The molecular formula is C64H56B3N3. The van der Waals surface area contributed by atoms with Crippen LogP contribution in [0.5, 0.6) is 0 Å². The van der Waals surface area contributed by atoms with E-state index in [2.05, 4.69) is 218 Å². The third-order valence-electron chi connectivity index (χ3n) is 18.1. The zero-order valence-corrected chi connectivity index (χ0v) is 42.6. The Morgan fingerprint density at radius 1 is 0.329 bits per heavy atom. The number of hydrogen-bond donors (Lipinski definition) is 0. The van der Waals surface area contributed by atoms with Crippen LogP contribution in [-0.2, 0) is 21.7 Å². The van der Waals surface area contributed by atoms with E-state index in [0.717, 1.165) is 0 Å². The number of fused-ring (bicyclic) bond motifs is 12. The van der Waals surface area contributed by atoms with E-state index in [1.54, 1.807) is 0 Å². The Hall–Kier alpha value is -6.65. The van der Waals surface area contributed by atoms with Crippen molar-refractivity contribution in [3.63, 3.8) is 0 Å². The highest BCUT2D eigenvalue weighted by Gasteiger charge is 2.56. The van der Waals surface area contributed by atoms with Gasteiger partial charge in [0.05, 0.1) is 22.1 Å². The summed E-state index contributed by atoms with van der Waals surface area (Å²) in [5.74, 6) is 0. The van der Waals surface area contributed by atoms with Crippen LogP contribution in [0.25, 0.3) is 66.1 Å². The lowest BCUT2D eigenvalue weighted by molar-refractivity contribution is 0.590. The van der Waals surface area contributed by atoms with Crippen LogP contribution in [0.1, 0.15) is 105 Å². The molecule has 6 aliphatic rings. The Bertz CT molecular complexity index is 4120. The van der Waals surface area contributed by atoms with Gasteiger partial charge < -0.3 is 14.0 Å². The molecule has 3 nitrogen and oxygen atoms in total. The zero-order valence-electron chi connectivity index (χ0n) is 42.6. The summed E-state index contributed by atoms with van der Waals surface area (Å²) in [5, 5.41) is 5.45. The molecule has 0 unspecified atom stereocenters. The minimum atomic E-state index is 0.0136. The average Bonchev–Trinajstić information content (AvgIpc) is 3.96. The van der Waals surface area contributed by atoms with Crippen LogP contribution >= 0.6 is 0 Å². The molecule has 16 rings (SSSR count). The molecule has 2 aromatic heterocycles. The number of rotatable bonds is 1. The third-order valence-corrected chi connectivity index (χ3v) is 18.1. The number of aromatic nitrogens is 2. The Labute approximate surface area is 412 Å². The molecular weight excluding hydrogens is 843 g/mol. The Morgan fingerprint density at radius 3 is 1.30 bits per heavy atom. The minimum Gasteiger partial charge on any atom is -0.313 e. The first-order chi connectivity index (χ1) is 33.3. The van der Waals surface area contributed by atoms with Gasteiger partial charge in [-0.25, -0.2) is 0 Å². The van der Waals surface area contributed by atoms with Gasteiger partial charge in [0, 0.05) is 50.0 Å². The fourth-order valence-electron chi connectivity index (χ4n) is 14.7. The highest BCUT2D eigenvalue weighted by Crippen LogP contribution is 2.50. The molecule has 336 valence electrons. The lowest BCUT2D eigenvalue weighted by atomic mass is 9.26. The lowest BCUT2D eigenvalue weighted by Crippen LogP contribution is -2.72. The number of benzene rings is 8. The molecule has 0 aliphatic carbocycles. The smallest absolute Gasteiger partial charge is 0.257 e. The van der Waals surface area contributed by atoms with E-state index in [-0.39, 0.29) is 41.8 Å². The van der Waals surface area contributed by atoms with Crippen molar-refractivity contribution in [3.05, 3.63) is 144 Å². The molecule has 10 aromatic rings. The summed E-state index contributed by atoms with van der Waals surface area (Å²) in [6, 6.07) is 49.7. The Balaban J connectivity index is 1.11. The standard InChI is InChI=1S/C64H56B3N3/c1-61(2,3)33-13-18-37(19-14-33)65-45-22-20-38-39-29-34(62(4,5)6)15-21-44(39)66-47-24-28-51-54-60(47)70(58(45)52(38)66)59-46(65)23-27-50-53(59)67(54)55-56-42(40-30-35(63(7,8)9)16-25-48(40)68(50)56)32-43-41-31-36(64(10,11)12)17-26-49(41)69(51)57(43)55/h13-32H,1-12H3. The monoisotopic (exact) mass is 899 g/mol. The summed E-state index contributed by atoms with van der Waals surface area (Å²) in [7, 11) is 0. The predicted octanol–water partition coefficient (Wildman–Crippen LogP) is 9.64. The quantitative estimate of drug-likeness (QED) is 0.150. The molecule has 0 saturated heterocycles. The molecule has 0 atom stereocenters. The van der Waals surface area contributed by atoms with Crippen LogP contribution in [0.3, 0.4) is 0 Å². The van der Waals surface area contributed by atoms with E-state index in [1.165, 1.54) is 155 Å². The average molecular weight is 900 g/mol. The summed E-state index contributed by atoms with van der Waals surface area (Å²) in [6.07, 6.45) is 0. The Kier molecular flexibility index (Phi) is 6.93. The first kappa shape index (κ1) is 40.1. The zero-order chi connectivity index (χ0) is 47.8. The Morgan fingerprint density at radius 2 is 0.771 bits per heavy atom. The van der Waals surface area contributed by atoms with Crippen LogP contribution in [0.15, 0.2) is 121 Å². The van der Waals surface area contributed by atoms with Crippen molar-refractivity contribution < 1.29 is 0 Å². The third kappa shape index (κ3) is 4.56. The van der Waals surface area contributed by atoms with E-state index in [4.69, 9.17) is 0 Å². The van der Waals surface area contributed by atoms with Crippen molar-refractivity contribution in [1.29, 1.82) is 0 Å². The molecule has 0 amide bonds. The second-order valence-electron chi connectivity index (χ2n) is 26.1. The SMILES string of the molecule is CC(C)(C)c1ccc(B2c3ccc4c5c3N3c6c2ccc2c6B6c7c(ccc(c73)B5c3ccc(C(C)(C)C)cc3-4)-n3c4ccc(C(C)(C)C)cc4c4cc5c7cc(C(C)(C)C)ccc7n-2c5c6c43)cc1. The van der Waals surface area contributed by atoms with Gasteiger partial charge in [0.25, 0.3) is 6.71 Å². The number of nitrogens with zero attached hydrogens (tertiary/aromatic N) is 3. The largest absolute Gasteiger partial charge is 0.313 e. The molecule has 70 heavy (non-hydrogen) atoms. The van der Waals surface area contributed by atoms with Crippen molar-refractivity contribution >= 4 is 130 Å². The minimum absolute atomic E-state index is 0.0136. The van der Waals surface area contributed by atoms with Gasteiger partial charge >= 0.3 is 0 Å². The summed E-state index contributed by atoms with van der Waals surface area (Å²) in [6.45, 7) is 28.5. The molecule has 6 aliphatic heterocycles. The fourth-order valence-corrected chi connectivity index (χ4v) is 14.7. The highest BCUT2D eigenvalue weighted by molar-refractivity contribution is 7.09. The maximum Gasteiger partial charge on any atom is 0.257 e. The van der Waals surface area contributed by atoms with Gasteiger partial charge in [-0.15, -0.1) is 0 Å². The van der Waals surface area contributed by atoms with Crippen LogP contribution < -0.4 is 54.1 Å². The van der Waals surface area contributed by atoms with E-state index in [1.807, 2.05) is 0 Å². The maximum atomic E-state index is 2.83. The highest BCUT2D eigenvalue weighted by atomic mass is 15.2. The van der Waals surface area contributed by atoms with E-state index < -0.39 is 0 Å². The lowest BCUT2D eigenvalue weighted by Gasteiger charge is -2.51. The summed E-state index contributed by atoms with van der Waals surface area (Å²) in [4.78, 5) is 2.83. The topological polar surface area (TPSA) is 13.1 Å². The maximum absolute atomic E-state index is 2.83. The summed E-state index contributed by atoms with van der Waals surface area (Å²) in [5.41, 5.74) is 33.8. The van der Waals surface area contributed by atoms with Gasteiger partial charge in [0.2, 0.25) is 13.4 Å². The van der Waals surface area contributed by atoms with Crippen LogP contribution in [-0.4, -0.2) is 29.3 Å². The molecule has 0 bridgehead atoms. The van der Waals surface area contributed by atoms with Crippen molar-refractivity contribution in [3.8, 4) is 22.5 Å². The first-order valence-electron chi connectivity index (χ1n) is 26.0. The summed E-state index contributed by atoms with van der Waals surface area (Å²) < 4.78 is 5.41. The molecule has 0 N–H and O–H groups in total. The van der Waals surface area contributed by atoms with Gasteiger partial charge in [0.15, 0.2) is 0 Å². The van der Waals surface area contributed by atoms with Crippen molar-refractivity contribution in [2.75, 3.05) is 4.90 Å². The molecule has 6 heteroatoms. The molecule has 0 radical (unpaired) electrons. The van der Waals surface area contributed by atoms with Gasteiger partial charge in [-0.2, -0.15) is 0 Å². The number of hydrogen-bond acceptors (Lipinski definition) is 1. The molecule has 0 saturated carbocycles. The second-order valence-corrected chi connectivity index (χ2v) is 26.1. The summed E-state index contributed by atoms with van der Waals surface area (Å²) >= 11 is 0. The van der Waals surface area contributed by atoms with E-state index in [0.29, 0.717) is 0 Å². The van der Waals surface area contributed by atoms with E-state index >= 15 is 0 Å². The van der Waals surface area contributed by atoms with E-state index in [9.17, 15) is 0 Å². The van der Waals surface area contributed by atoms with Gasteiger partial charge in [-0.3, -0.25) is 0 Å². The van der Waals surface area contributed by atoms with Gasteiger partial charge in [0.1, 0.15) is 0 Å². The fraction of sp³-hybridized carbons (Fsp3) is 0.250. The van der Waals surface area contributed by atoms with Crippen molar-refractivity contribution in [1.82, 2.24) is 9.13 Å². The first-order valence-corrected chi connectivity index (χ1v) is 26.0.